The van der Waals surface area contributed by atoms with Crippen molar-refractivity contribution in [3.8, 4) is 0 Å². The van der Waals surface area contributed by atoms with Crippen molar-refractivity contribution in [3.63, 3.8) is 0 Å². The van der Waals surface area contributed by atoms with Crippen molar-refractivity contribution >= 4 is 22.4 Å². The minimum atomic E-state index is -1.08. The molecule has 0 amide bonds. The topological polar surface area (TPSA) is 47.8 Å². The molecule has 4 nitrogen and oxygen atoms in total. The van der Waals surface area contributed by atoms with Crippen LogP contribution in [0.3, 0.4) is 0 Å². The fourth-order valence-electron chi connectivity index (χ4n) is 1.78. The highest BCUT2D eigenvalue weighted by Crippen LogP contribution is 2.27. The summed E-state index contributed by atoms with van der Waals surface area (Å²) < 4.78 is 14.3. The van der Waals surface area contributed by atoms with E-state index < -0.39 is 10.8 Å². The van der Waals surface area contributed by atoms with Gasteiger partial charge in [-0.25, -0.2) is 0 Å². The zero-order chi connectivity index (χ0) is 14.0. The molecule has 0 bridgehead atoms. The van der Waals surface area contributed by atoms with Gasteiger partial charge in [0, 0.05) is 22.9 Å². The maximum Gasteiger partial charge on any atom is 0.145 e. The predicted molar refractivity (Wildman–Crippen MR) is 77.5 cm³/mol. The first-order valence-corrected chi connectivity index (χ1v) is 7.73. The van der Waals surface area contributed by atoms with Gasteiger partial charge in [-0.3, -0.25) is 4.21 Å². The second-order valence-electron chi connectivity index (χ2n) is 4.41. The normalized spacial score (nSPS) is 14.3. The van der Waals surface area contributed by atoms with Crippen LogP contribution in [0.2, 0.25) is 5.02 Å². The van der Waals surface area contributed by atoms with Crippen LogP contribution < -0.4 is 0 Å². The van der Waals surface area contributed by atoms with Crippen molar-refractivity contribution in [3.05, 3.63) is 46.5 Å². The van der Waals surface area contributed by atoms with E-state index in [1.165, 1.54) is 0 Å². The summed E-state index contributed by atoms with van der Waals surface area (Å²) in [5.41, 5.74) is 0.904. The maximum atomic E-state index is 12.4. The predicted octanol–water partition coefficient (Wildman–Crippen LogP) is 2.79. The molecule has 2 rings (SSSR count). The SMILES string of the molecule is Cc1nnc(C[S@@](=O)[C@H](C)c2ccccc2Cl)n1C. The molecular weight excluding hydrogens is 282 g/mol. The molecule has 2 aromatic rings. The zero-order valence-electron chi connectivity index (χ0n) is 11.1. The van der Waals surface area contributed by atoms with Crippen molar-refractivity contribution in [1.82, 2.24) is 14.8 Å². The minimum absolute atomic E-state index is 0.134. The molecule has 1 aromatic carbocycles. The Bertz CT molecular complexity index is 612. The summed E-state index contributed by atoms with van der Waals surface area (Å²) in [6, 6.07) is 7.50. The number of hydrogen-bond acceptors (Lipinski definition) is 3. The second kappa shape index (κ2) is 5.84. The molecule has 0 fully saturated rings. The number of nitrogens with zero attached hydrogens (tertiary/aromatic N) is 3. The van der Waals surface area contributed by atoms with Crippen LogP contribution in [0.4, 0.5) is 0 Å². The van der Waals surface area contributed by atoms with Crippen LogP contribution in [0.1, 0.15) is 29.4 Å². The fraction of sp³-hybridized carbons (Fsp3) is 0.385. The molecule has 0 N–H and O–H groups in total. The van der Waals surface area contributed by atoms with Crippen molar-refractivity contribution in [2.75, 3.05) is 0 Å². The highest BCUT2D eigenvalue weighted by molar-refractivity contribution is 7.84. The Morgan fingerprint density at radius 1 is 1.37 bits per heavy atom. The van der Waals surface area contributed by atoms with E-state index in [0.29, 0.717) is 10.8 Å². The first kappa shape index (κ1) is 14.2. The van der Waals surface area contributed by atoms with Crippen LogP contribution in [0, 0.1) is 6.92 Å². The average Bonchev–Trinajstić information content (AvgIpc) is 2.70. The number of halogens is 1. The van der Waals surface area contributed by atoms with Crippen molar-refractivity contribution < 1.29 is 4.21 Å². The van der Waals surface area contributed by atoms with Crippen molar-refractivity contribution in [2.45, 2.75) is 24.9 Å². The van der Waals surface area contributed by atoms with Gasteiger partial charge in [-0.15, -0.1) is 10.2 Å². The van der Waals surface area contributed by atoms with Gasteiger partial charge in [-0.1, -0.05) is 29.8 Å². The van der Waals surface area contributed by atoms with Crippen LogP contribution in [0.25, 0.3) is 0 Å². The van der Waals surface area contributed by atoms with Crippen LogP contribution in [-0.4, -0.2) is 19.0 Å². The first-order chi connectivity index (χ1) is 9.00. The van der Waals surface area contributed by atoms with Crippen LogP contribution in [0.15, 0.2) is 24.3 Å². The Labute approximate surface area is 120 Å². The van der Waals surface area contributed by atoms with E-state index >= 15 is 0 Å². The third-order valence-electron chi connectivity index (χ3n) is 3.19. The molecule has 0 aliphatic carbocycles. The number of hydrogen-bond donors (Lipinski definition) is 0. The summed E-state index contributed by atoms with van der Waals surface area (Å²) in [5, 5.41) is 8.53. The summed E-state index contributed by atoms with van der Waals surface area (Å²) in [4.78, 5) is 0. The van der Waals surface area contributed by atoms with Gasteiger partial charge in [-0.2, -0.15) is 0 Å². The zero-order valence-corrected chi connectivity index (χ0v) is 12.7. The lowest BCUT2D eigenvalue weighted by molar-refractivity contribution is 0.671. The van der Waals surface area contributed by atoms with E-state index in [0.717, 1.165) is 17.2 Å². The molecule has 1 heterocycles. The van der Waals surface area contributed by atoms with Gasteiger partial charge in [0.25, 0.3) is 0 Å². The molecule has 0 radical (unpaired) electrons. The highest BCUT2D eigenvalue weighted by Gasteiger charge is 2.18. The van der Waals surface area contributed by atoms with Gasteiger partial charge in [0.1, 0.15) is 11.6 Å². The molecule has 0 saturated carbocycles. The Morgan fingerprint density at radius 2 is 2.05 bits per heavy atom. The Kier molecular flexibility index (Phi) is 4.37. The maximum absolute atomic E-state index is 12.4. The molecule has 2 atom stereocenters. The molecule has 1 aromatic heterocycles. The lowest BCUT2D eigenvalue weighted by atomic mass is 10.2. The van der Waals surface area contributed by atoms with Gasteiger partial charge < -0.3 is 4.57 Å². The summed E-state index contributed by atoms with van der Waals surface area (Å²) in [6.07, 6.45) is 0. The largest absolute Gasteiger partial charge is 0.318 e. The number of benzene rings is 1. The lowest BCUT2D eigenvalue weighted by Crippen LogP contribution is -2.09. The third-order valence-corrected chi connectivity index (χ3v) is 5.12. The summed E-state index contributed by atoms with van der Waals surface area (Å²) in [7, 11) is 0.795. The molecule has 0 spiro atoms. The van der Waals surface area contributed by atoms with E-state index in [1.54, 1.807) is 0 Å². The molecule has 6 heteroatoms. The van der Waals surface area contributed by atoms with Gasteiger partial charge >= 0.3 is 0 Å². The van der Waals surface area contributed by atoms with E-state index in [2.05, 4.69) is 10.2 Å². The summed E-state index contributed by atoms with van der Waals surface area (Å²) >= 11 is 6.13. The van der Waals surface area contributed by atoms with Crippen LogP contribution >= 0.6 is 11.6 Å². The van der Waals surface area contributed by atoms with Crippen molar-refractivity contribution in [2.24, 2.45) is 7.05 Å². The smallest absolute Gasteiger partial charge is 0.145 e. The Balaban J connectivity index is 2.17. The number of aryl methyl sites for hydroxylation is 1. The van der Waals surface area contributed by atoms with E-state index in [9.17, 15) is 4.21 Å². The highest BCUT2D eigenvalue weighted by atomic mass is 35.5. The van der Waals surface area contributed by atoms with E-state index in [4.69, 9.17) is 11.6 Å². The number of rotatable bonds is 4. The van der Waals surface area contributed by atoms with Gasteiger partial charge in [0.15, 0.2) is 0 Å². The lowest BCUT2D eigenvalue weighted by Gasteiger charge is -2.13. The number of aromatic nitrogens is 3. The van der Waals surface area contributed by atoms with Crippen LogP contribution in [0.5, 0.6) is 0 Å². The molecule has 102 valence electrons. The van der Waals surface area contributed by atoms with Crippen LogP contribution in [-0.2, 0) is 23.6 Å². The molecule has 0 aliphatic heterocycles. The Hall–Kier alpha value is -1.20. The quantitative estimate of drug-likeness (QED) is 0.872. The standard InChI is InChI=1S/C13H16ClN3OS/c1-9(11-6-4-5-7-12(11)14)19(18)8-13-16-15-10(2)17(13)3/h4-7,9H,8H2,1-3H3/t9-,19-/m1/s1. The molecular formula is C13H16ClN3OS. The third kappa shape index (κ3) is 3.04. The Morgan fingerprint density at radius 3 is 2.63 bits per heavy atom. The average molecular weight is 298 g/mol. The van der Waals surface area contributed by atoms with E-state index in [-0.39, 0.29) is 5.25 Å². The summed E-state index contributed by atoms with van der Waals surface area (Å²) in [5.74, 6) is 1.93. The first-order valence-electron chi connectivity index (χ1n) is 5.97. The van der Waals surface area contributed by atoms with Crippen molar-refractivity contribution in [1.29, 1.82) is 0 Å². The molecule has 0 aliphatic rings. The van der Waals surface area contributed by atoms with E-state index in [1.807, 2.05) is 49.7 Å². The molecule has 0 unspecified atom stereocenters. The second-order valence-corrected chi connectivity index (χ2v) is 6.58. The summed E-state index contributed by atoms with van der Waals surface area (Å²) in [6.45, 7) is 3.79. The molecule has 19 heavy (non-hydrogen) atoms. The molecule has 0 saturated heterocycles. The van der Waals surface area contributed by atoms with Gasteiger partial charge in [0.05, 0.1) is 11.0 Å². The minimum Gasteiger partial charge on any atom is -0.318 e. The van der Waals surface area contributed by atoms with Gasteiger partial charge in [0.2, 0.25) is 0 Å². The van der Waals surface area contributed by atoms with Gasteiger partial charge in [-0.05, 0) is 25.5 Å². The fourth-order valence-corrected chi connectivity index (χ4v) is 3.38. The monoisotopic (exact) mass is 297 g/mol.